The quantitative estimate of drug-likeness (QED) is 0.765. The van der Waals surface area contributed by atoms with Gasteiger partial charge in [0, 0.05) is 12.1 Å². The summed E-state index contributed by atoms with van der Waals surface area (Å²) in [5.41, 5.74) is 2.45. The van der Waals surface area contributed by atoms with Crippen LogP contribution in [0.1, 0.15) is 30.7 Å². The van der Waals surface area contributed by atoms with Crippen LogP contribution in [0.4, 0.5) is 5.82 Å². The summed E-state index contributed by atoms with van der Waals surface area (Å²) < 4.78 is 25.4. The van der Waals surface area contributed by atoms with Crippen LogP contribution in [0.15, 0.2) is 24.3 Å². The Labute approximate surface area is 157 Å². The highest BCUT2D eigenvalue weighted by molar-refractivity contribution is 7.90. The molecule has 27 heavy (non-hydrogen) atoms. The highest BCUT2D eigenvalue weighted by atomic mass is 32.2. The van der Waals surface area contributed by atoms with E-state index in [0.717, 1.165) is 5.56 Å². The van der Waals surface area contributed by atoms with Gasteiger partial charge in [-0.1, -0.05) is 32.0 Å². The van der Waals surface area contributed by atoms with Gasteiger partial charge in [0.25, 0.3) is 0 Å². The Morgan fingerprint density at radius 3 is 2.56 bits per heavy atom. The molecule has 0 bridgehead atoms. The summed E-state index contributed by atoms with van der Waals surface area (Å²) in [5, 5.41) is 9.51. The molecule has 0 atom stereocenters. The highest BCUT2D eigenvalue weighted by Gasteiger charge is 2.34. The third-order valence-corrected chi connectivity index (χ3v) is 5.68. The fraction of sp³-hybridized carbons (Fsp3) is 0.389. The summed E-state index contributed by atoms with van der Waals surface area (Å²) in [6, 6.07) is 7.41. The van der Waals surface area contributed by atoms with Gasteiger partial charge in [0.2, 0.25) is 0 Å². The minimum absolute atomic E-state index is 0.177. The predicted octanol–water partition coefficient (Wildman–Crippen LogP) is 1.32. The van der Waals surface area contributed by atoms with E-state index in [0.29, 0.717) is 23.5 Å². The molecule has 1 aliphatic heterocycles. The van der Waals surface area contributed by atoms with Gasteiger partial charge in [-0.2, -0.15) is 5.10 Å². The van der Waals surface area contributed by atoms with Crippen LogP contribution in [0.2, 0.25) is 0 Å². The van der Waals surface area contributed by atoms with Crippen molar-refractivity contribution in [1.82, 2.24) is 15.1 Å². The van der Waals surface area contributed by atoms with Gasteiger partial charge in [-0.15, -0.1) is 0 Å². The van der Waals surface area contributed by atoms with Crippen molar-refractivity contribution in [3.05, 3.63) is 41.1 Å². The second-order valence-electron chi connectivity index (χ2n) is 7.06. The highest BCUT2D eigenvalue weighted by Crippen LogP contribution is 2.33. The maximum Gasteiger partial charge on any atom is 0.314 e. The lowest BCUT2D eigenvalue weighted by molar-refractivity contribution is -0.136. The number of aromatic nitrogens is 2. The van der Waals surface area contributed by atoms with Crippen LogP contribution in [0.5, 0.6) is 0 Å². The number of benzene rings is 1. The van der Waals surface area contributed by atoms with Crippen molar-refractivity contribution >= 4 is 27.5 Å². The molecule has 0 radical (unpaired) electrons. The summed E-state index contributed by atoms with van der Waals surface area (Å²) in [6.07, 6.45) is 0. The molecule has 0 fully saturated rings. The van der Waals surface area contributed by atoms with E-state index in [1.54, 1.807) is 0 Å². The molecule has 0 saturated heterocycles. The molecule has 8 nitrogen and oxygen atoms in total. The summed E-state index contributed by atoms with van der Waals surface area (Å²) >= 11 is 0. The standard InChI is InChI=1S/C18H22N4O4S/c1-11(2)8-19-17(23)18(24)20-16-13-9-27(25,26)10-14(13)21-22(16)15-7-5-4-6-12(15)3/h4-7,11H,8-10H2,1-3H3,(H,19,23)(H,20,24). The van der Waals surface area contributed by atoms with Crippen molar-refractivity contribution in [1.29, 1.82) is 0 Å². The van der Waals surface area contributed by atoms with Crippen LogP contribution in [0.25, 0.3) is 5.69 Å². The van der Waals surface area contributed by atoms with Crippen LogP contribution in [0.3, 0.4) is 0 Å². The number of hydrogen-bond donors (Lipinski definition) is 2. The van der Waals surface area contributed by atoms with Crippen molar-refractivity contribution < 1.29 is 18.0 Å². The largest absolute Gasteiger partial charge is 0.348 e. The van der Waals surface area contributed by atoms with E-state index in [2.05, 4.69) is 15.7 Å². The van der Waals surface area contributed by atoms with Crippen molar-refractivity contribution in [2.45, 2.75) is 32.3 Å². The normalized spacial score (nSPS) is 14.8. The molecule has 2 heterocycles. The molecule has 2 amide bonds. The molecule has 1 aliphatic rings. The molecule has 1 aromatic heterocycles. The van der Waals surface area contributed by atoms with Gasteiger partial charge in [0.15, 0.2) is 9.84 Å². The number of nitrogens with one attached hydrogen (secondary N) is 2. The zero-order valence-corrected chi connectivity index (χ0v) is 16.3. The average Bonchev–Trinajstić information content (AvgIpc) is 3.05. The van der Waals surface area contributed by atoms with Gasteiger partial charge >= 0.3 is 11.8 Å². The number of carbonyl (C=O) groups is 2. The maximum atomic E-state index is 12.3. The SMILES string of the molecule is Cc1ccccc1-n1nc2c(c1NC(=O)C(=O)NCC(C)C)CS(=O)(=O)C2. The van der Waals surface area contributed by atoms with Gasteiger partial charge in [-0.05, 0) is 24.5 Å². The maximum absolute atomic E-state index is 12.3. The zero-order chi connectivity index (χ0) is 19.8. The summed E-state index contributed by atoms with van der Waals surface area (Å²) in [4.78, 5) is 24.4. The number of amides is 2. The Hall–Kier alpha value is -2.68. The third-order valence-electron chi connectivity index (χ3n) is 4.24. The molecule has 3 rings (SSSR count). The van der Waals surface area contributed by atoms with Crippen molar-refractivity contribution in [3.63, 3.8) is 0 Å². The minimum atomic E-state index is -3.30. The number of rotatable bonds is 4. The smallest absolute Gasteiger partial charge is 0.314 e. The number of aryl methyl sites for hydroxylation is 1. The number of nitrogens with zero attached hydrogens (tertiary/aromatic N) is 2. The Kier molecular flexibility index (Phi) is 5.05. The van der Waals surface area contributed by atoms with E-state index < -0.39 is 21.7 Å². The van der Waals surface area contributed by atoms with Gasteiger partial charge in [0.05, 0.1) is 22.9 Å². The monoisotopic (exact) mass is 390 g/mol. The fourth-order valence-corrected chi connectivity index (χ4v) is 4.38. The van der Waals surface area contributed by atoms with Gasteiger partial charge in [-0.25, -0.2) is 13.1 Å². The number of carbonyl (C=O) groups excluding carboxylic acids is 2. The molecule has 144 valence electrons. The molecule has 2 N–H and O–H groups in total. The Morgan fingerprint density at radius 2 is 1.89 bits per heavy atom. The first-order valence-electron chi connectivity index (χ1n) is 8.64. The topological polar surface area (TPSA) is 110 Å². The van der Waals surface area contributed by atoms with Gasteiger partial charge < -0.3 is 10.6 Å². The second-order valence-corrected chi connectivity index (χ2v) is 9.13. The number of anilines is 1. The average molecular weight is 390 g/mol. The molecule has 0 aliphatic carbocycles. The number of fused-ring (bicyclic) bond motifs is 1. The molecule has 0 saturated carbocycles. The van der Waals surface area contributed by atoms with Crippen LogP contribution >= 0.6 is 0 Å². The van der Waals surface area contributed by atoms with Gasteiger partial charge in [-0.3, -0.25) is 9.59 Å². The summed E-state index contributed by atoms with van der Waals surface area (Å²) in [6.45, 7) is 6.10. The number of hydrogen-bond acceptors (Lipinski definition) is 5. The van der Waals surface area contributed by atoms with Crippen LogP contribution in [-0.4, -0.2) is 36.6 Å². The van der Waals surface area contributed by atoms with Crippen molar-refractivity contribution in [2.24, 2.45) is 5.92 Å². The molecule has 0 spiro atoms. The van der Waals surface area contributed by atoms with Crippen LogP contribution < -0.4 is 10.6 Å². The van der Waals surface area contributed by atoms with E-state index in [4.69, 9.17) is 0 Å². The molecule has 1 aromatic carbocycles. The van der Waals surface area contributed by atoms with E-state index in [1.165, 1.54) is 4.68 Å². The first-order valence-corrected chi connectivity index (χ1v) is 10.5. The first kappa shape index (κ1) is 19.1. The fourth-order valence-electron chi connectivity index (χ4n) is 2.89. The molecule has 2 aromatic rings. The Balaban J connectivity index is 1.97. The van der Waals surface area contributed by atoms with Crippen LogP contribution in [0, 0.1) is 12.8 Å². The zero-order valence-electron chi connectivity index (χ0n) is 15.4. The lowest BCUT2D eigenvalue weighted by Gasteiger charge is -2.13. The molecule has 0 unspecified atom stereocenters. The summed E-state index contributed by atoms with van der Waals surface area (Å²) in [5.74, 6) is -1.58. The van der Waals surface area contributed by atoms with E-state index in [9.17, 15) is 18.0 Å². The lowest BCUT2D eigenvalue weighted by atomic mass is 10.2. The van der Waals surface area contributed by atoms with Crippen LogP contribution in [-0.2, 0) is 30.9 Å². The number of sulfone groups is 1. The number of para-hydroxylation sites is 1. The van der Waals surface area contributed by atoms with Crippen molar-refractivity contribution in [3.8, 4) is 5.69 Å². The minimum Gasteiger partial charge on any atom is -0.348 e. The Morgan fingerprint density at radius 1 is 1.19 bits per heavy atom. The van der Waals surface area contributed by atoms with Gasteiger partial charge in [0.1, 0.15) is 5.82 Å². The third kappa shape index (κ3) is 4.02. The lowest BCUT2D eigenvalue weighted by Crippen LogP contribution is -2.37. The van der Waals surface area contributed by atoms with E-state index in [-0.39, 0.29) is 23.2 Å². The van der Waals surface area contributed by atoms with Crippen molar-refractivity contribution in [2.75, 3.05) is 11.9 Å². The van der Waals surface area contributed by atoms with E-state index >= 15 is 0 Å². The predicted molar refractivity (Wildman–Crippen MR) is 101 cm³/mol. The molecular weight excluding hydrogens is 368 g/mol. The Bertz CT molecular complexity index is 1010. The molecular formula is C18H22N4O4S. The second kappa shape index (κ2) is 7.15. The summed E-state index contributed by atoms with van der Waals surface area (Å²) in [7, 11) is -3.30. The first-order chi connectivity index (χ1) is 12.7. The molecule has 9 heteroatoms. The van der Waals surface area contributed by atoms with E-state index in [1.807, 2.05) is 45.0 Å².